The van der Waals surface area contributed by atoms with E-state index in [0.717, 1.165) is 44.9 Å². The minimum absolute atomic E-state index is 0.00344. The van der Waals surface area contributed by atoms with Crippen LogP contribution in [0, 0.1) is 56.7 Å². The number of carboxylic acids is 1. The van der Waals surface area contributed by atoms with Crippen molar-refractivity contribution in [3.8, 4) is 0 Å². The molecule has 6 heteroatoms. The van der Waals surface area contributed by atoms with Gasteiger partial charge in [-0.2, -0.15) is 0 Å². The average molecular weight is 591 g/mol. The first-order valence-electron chi connectivity index (χ1n) is 16.9. The second-order valence-corrected chi connectivity index (χ2v) is 16.7. The van der Waals surface area contributed by atoms with Gasteiger partial charge in [0.15, 0.2) is 0 Å². The van der Waals surface area contributed by atoms with Gasteiger partial charge in [-0.15, -0.1) is 0 Å². The molecule has 0 saturated heterocycles. The lowest BCUT2D eigenvalue weighted by Crippen LogP contribution is -2.67. The van der Waals surface area contributed by atoms with E-state index in [1.54, 1.807) is 12.1 Å². The van der Waals surface area contributed by atoms with E-state index in [9.17, 15) is 19.8 Å². The van der Waals surface area contributed by atoms with Gasteiger partial charge in [0.2, 0.25) is 5.91 Å². The number of nitrogens with one attached hydrogen (secondary N) is 1. The molecule has 43 heavy (non-hydrogen) atoms. The molecule has 0 radical (unpaired) electrons. The summed E-state index contributed by atoms with van der Waals surface area (Å²) in [6.07, 6.45) is 10.4. The third-order valence-electron chi connectivity index (χ3n) is 15.0. The van der Waals surface area contributed by atoms with Crippen molar-refractivity contribution in [2.75, 3.05) is 0 Å². The molecule has 0 aliphatic heterocycles. The Morgan fingerprint density at radius 2 is 1.67 bits per heavy atom. The molecule has 0 spiro atoms. The van der Waals surface area contributed by atoms with Crippen LogP contribution in [0.4, 0.5) is 0 Å². The summed E-state index contributed by atoms with van der Waals surface area (Å²) < 4.78 is 0. The molecule has 1 amide bonds. The van der Waals surface area contributed by atoms with Gasteiger partial charge in [-0.3, -0.25) is 4.79 Å². The number of hydrogen-bond donors (Lipinski definition) is 3. The van der Waals surface area contributed by atoms with Gasteiger partial charge < -0.3 is 15.5 Å². The molecule has 0 aromatic carbocycles. The minimum Gasteiger partial charge on any atom is -0.477 e. The molecule has 5 fully saturated rings. The van der Waals surface area contributed by atoms with Crippen LogP contribution in [0.15, 0.2) is 30.4 Å². The number of carboxylic acid groups (broad SMARTS) is 1. The van der Waals surface area contributed by atoms with Crippen molar-refractivity contribution in [3.63, 3.8) is 0 Å². The van der Waals surface area contributed by atoms with Crippen molar-refractivity contribution in [1.29, 1.82) is 0 Å². The summed E-state index contributed by atoms with van der Waals surface area (Å²) in [5.41, 5.74) is 1.90. The average Bonchev–Trinajstić information content (AvgIpc) is 3.36. The Morgan fingerprint density at radius 1 is 0.930 bits per heavy atom. The van der Waals surface area contributed by atoms with E-state index in [1.807, 2.05) is 0 Å². The highest BCUT2D eigenvalue weighted by Gasteiger charge is 2.71. The van der Waals surface area contributed by atoms with Crippen LogP contribution in [0.1, 0.15) is 122 Å². The first-order valence-corrected chi connectivity index (χ1v) is 16.9. The monoisotopic (exact) mass is 590 g/mol. The molecule has 5 aliphatic carbocycles. The predicted octanol–water partition coefficient (Wildman–Crippen LogP) is 7.41. The third kappa shape index (κ3) is 4.24. The lowest BCUT2D eigenvalue weighted by molar-refractivity contribution is -0.246. The summed E-state index contributed by atoms with van der Waals surface area (Å²) >= 11 is 0. The molecule has 10 atom stereocenters. The Balaban J connectivity index is 1.31. The number of amides is 1. The van der Waals surface area contributed by atoms with Crippen LogP contribution in [-0.2, 0) is 11.3 Å². The second-order valence-electron chi connectivity index (χ2n) is 16.7. The second kappa shape index (κ2) is 10.2. The summed E-state index contributed by atoms with van der Waals surface area (Å²) in [6.45, 7) is 19.3. The van der Waals surface area contributed by atoms with Gasteiger partial charge in [0.05, 0.1) is 23.8 Å². The Kier molecular flexibility index (Phi) is 7.27. The van der Waals surface area contributed by atoms with E-state index in [4.69, 9.17) is 0 Å². The molecule has 236 valence electrons. The predicted molar refractivity (Wildman–Crippen MR) is 168 cm³/mol. The molecule has 5 saturated carbocycles. The van der Waals surface area contributed by atoms with E-state index >= 15 is 0 Å². The fourth-order valence-electron chi connectivity index (χ4n) is 12.6. The van der Waals surface area contributed by atoms with Crippen LogP contribution in [0.5, 0.6) is 0 Å². The summed E-state index contributed by atoms with van der Waals surface area (Å²) in [5, 5.41) is 23.6. The highest BCUT2D eigenvalue weighted by atomic mass is 16.4. The Bertz CT molecular complexity index is 1320. The van der Waals surface area contributed by atoms with E-state index < -0.39 is 11.4 Å². The number of hydrogen-bond acceptors (Lipinski definition) is 4. The molecule has 5 aliphatic rings. The molecule has 1 aromatic rings. The van der Waals surface area contributed by atoms with Crippen LogP contribution in [-0.4, -0.2) is 33.2 Å². The molecular weight excluding hydrogens is 536 g/mol. The fraction of sp³-hybridized carbons (Fsp3) is 0.757. The topological polar surface area (TPSA) is 99.5 Å². The zero-order valence-electron chi connectivity index (χ0n) is 27.3. The maximum absolute atomic E-state index is 14.3. The van der Waals surface area contributed by atoms with Crippen molar-refractivity contribution < 1.29 is 19.8 Å². The van der Waals surface area contributed by atoms with E-state index in [-0.39, 0.29) is 51.8 Å². The number of fused-ring (bicyclic) bond motifs is 7. The van der Waals surface area contributed by atoms with E-state index in [2.05, 4.69) is 58.4 Å². The van der Waals surface area contributed by atoms with E-state index in [0.29, 0.717) is 29.4 Å². The molecular formula is C37H54N2O4. The SMILES string of the molecule is C=C(C)[C@@H]1CC[C@]2(C(=O)NCc3cccc(C(=O)O)n3)CC[C@]3(C)C(CCC4[C@@]5(C)CC[C@H](O)C(C)(C)C5CC[C@]43C)C12. The van der Waals surface area contributed by atoms with Crippen LogP contribution in [0.25, 0.3) is 0 Å². The summed E-state index contributed by atoms with van der Waals surface area (Å²) in [5.74, 6) is 1.32. The van der Waals surface area contributed by atoms with Crippen molar-refractivity contribution in [2.45, 2.75) is 118 Å². The highest BCUT2D eigenvalue weighted by Crippen LogP contribution is 2.77. The minimum atomic E-state index is -1.06. The zero-order chi connectivity index (χ0) is 31.2. The standard InChI is InChI=1S/C37H54N2O4/c1-22(2)24-13-18-37(32(43)38-21-23-9-8-10-26(39-23)31(41)42)20-19-35(6)25(30(24)37)11-12-28-34(5)16-15-29(40)33(3,4)27(34)14-17-36(28,35)7/h8-10,24-25,27-30,40H,1,11-21H2,2-7H3,(H,38,43)(H,41,42)/t24-,25?,27?,28?,29-,30?,34-,35+,36+,37-/m0/s1. The highest BCUT2D eigenvalue weighted by molar-refractivity contribution is 5.85. The van der Waals surface area contributed by atoms with Crippen molar-refractivity contribution in [3.05, 3.63) is 41.7 Å². The van der Waals surface area contributed by atoms with Gasteiger partial charge in [-0.05, 0) is 135 Å². The number of rotatable bonds is 5. The fourth-order valence-corrected chi connectivity index (χ4v) is 12.6. The van der Waals surface area contributed by atoms with Crippen LogP contribution < -0.4 is 5.32 Å². The van der Waals surface area contributed by atoms with Crippen LogP contribution in [0.3, 0.4) is 0 Å². The number of aliphatic hydroxyl groups is 1. The molecule has 1 heterocycles. The normalized spacial score (nSPS) is 44.7. The molecule has 3 N–H and O–H groups in total. The quantitative estimate of drug-likeness (QED) is 0.310. The Labute approximate surface area is 258 Å². The van der Waals surface area contributed by atoms with Gasteiger partial charge in [0.1, 0.15) is 5.69 Å². The van der Waals surface area contributed by atoms with Gasteiger partial charge in [0.25, 0.3) is 0 Å². The first kappa shape index (κ1) is 30.8. The van der Waals surface area contributed by atoms with Crippen molar-refractivity contribution >= 4 is 11.9 Å². The van der Waals surface area contributed by atoms with Gasteiger partial charge in [-0.25, -0.2) is 9.78 Å². The number of aliphatic hydroxyl groups excluding tert-OH is 1. The molecule has 6 nitrogen and oxygen atoms in total. The number of pyridine rings is 1. The number of carbonyl (C=O) groups excluding carboxylic acids is 1. The Hall–Kier alpha value is -2.21. The van der Waals surface area contributed by atoms with Crippen molar-refractivity contribution in [2.24, 2.45) is 56.7 Å². The number of nitrogens with zero attached hydrogens (tertiary/aromatic N) is 1. The van der Waals surface area contributed by atoms with Gasteiger partial charge in [-0.1, -0.05) is 52.8 Å². The van der Waals surface area contributed by atoms with Crippen LogP contribution >= 0.6 is 0 Å². The summed E-state index contributed by atoms with van der Waals surface area (Å²) in [6, 6.07) is 4.97. The number of carbonyl (C=O) groups is 2. The molecule has 4 unspecified atom stereocenters. The smallest absolute Gasteiger partial charge is 0.354 e. The zero-order valence-corrected chi connectivity index (χ0v) is 27.3. The maximum Gasteiger partial charge on any atom is 0.354 e. The van der Waals surface area contributed by atoms with Gasteiger partial charge in [0, 0.05) is 0 Å². The van der Waals surface area contributed by atoms with E-state index in [1.165, 1.54) is 30.9 Å². The largest absolute Gasteiger partial charge is 0.477 e. The summed E-state index contributed by atoms with van der Waals surface area (Å²) in [4.78, 5) is 30.0. The molecule has 0 bridgehead atoms. The number of aromatic carboxylic acids is 1. The third-order valence-corrected chi connectivity index (χ3v) is 15.0. The van der Waals surface area contributed by atoms with Crippen molar-refractivity contribution in [1.82, 2.24) is 10.3 Å². The first-order chi connectivity index (χ1) is 20.1. The number of allylic oxidation sites excluding steroid dienone is 1. The van der Waals surface area contributed by atoms with Crippen LogP contribution in [0.2, 0.25) is 0 Å². The lowest BCUT2D eigenvalue weighted by atomic mass is 9.32. The summed E-state index contributed by atoms with van der Waals surface area (Å²) in [7, 11) is 0. The lowest BCUT2D eigenvalue weighted by Gasteiger charge is -2.72. The Morgan fingerprint density at radius 3 is 2.37 bits per heavy atom. The maximum atomic E-state index is 14.3. The van der Waals surface area contributed by atoms with Gasteiger partial charge >= 0.3 is 5.97 Å². The molecule has 6 rings (SSSR count). The molecule has 1 aromatic heterocycles. The number of aromatic nitrogens is 1.